The smallest absolute Gasteiger partial charge is 0.463 e. The highest BCUT2D eigenvalue weighted by atomic mass is 31.2. The van der Waals surface area contributed by atoms with Gasteiger partial charge in [0.25, 0.3) is 0 Å². The van der Waals surface area contributed by atoms with Crippen LogP contribution in [0.3, 0.4) is 0 Å². The average molecular weight is 1620 g/mol. The lowest BCUT2D eigenvalue weighted by molar-refractivity contribution is -0.161. The number of carbonyl (C=O) groups excluding carboxylic acids is 3. The van der Waals surface area contributed by atoms with Gasteiger partial charge in [-0.3, -0.25) is 32.5 Å². The first kappa shape index (κ1) is 108. The Kier molecular flexibility index (Phi) is 83.3. The molecule has 4 N–H and O–H groups in total. The van der Waals surface area contributed by atoms with Crippen LogP contribution in [0.2, 0.25) is 0 Å². The minimum absolute atomic E-state index is 0.0854. The third-order valence-corrected chi connectivity index (χ3v) is 20.9. The van der Waals surface area contributed by atoms with Gasteiger partial charge in [0.15, 0.2) is 6.10 Å². The van der Waals surface area contributed by atoms with Crippen molar-refractivity contribution in [2.45, 2.75) is 399 Å². The van der Waals surface area contributed by atoms with Crippen molar-refractivity contribution in [1.82, 2.24) is 0 Å². The topological polar surface area (TPSA) is 231 Å². The van der Waals surface area contributed by atoms with Gasteiger partial charge in [-0.05, 0) is 148 Å². The van der Waals surface area contributed by atoms with E-state index in [0.717, 1.165) is 154 Å². The van der Waals surface area contributed by atoms with Crippen molar-refractivity contribution in [2.24, 2.45) is 0 Å². The molecule has 0 saturated carbocycles. The van der Waals surface area contributed by atoms with E-state index >= 15 is 0 Å². The SMILES string of the molecule is CC/C=C\C/C=C\C/C=C\C/C=C\C/C=C\C/C=C\CCCCCCCCCCCCC(=O)OCC(COP(=O)(O)OCC(O)COP(=O)(O)OCC(O)COC(=O)CCCCCCCCCCCCCCCCCCC/C=C\C/C=C\C/C=C\C/C=C\CCCCC)OC(=O)CCCCCCC/C=C\C/C=C\CCCCC. The number of rotatable bonds is 85. The minimum Gasteiger partial charge on any atom is -0.463 e. The number of aliphatic hydroxyl groups excluding tert-OH is 2. The quantitative estimate of drug-likeness (QED) is 0.0146. The van der Waals surface area contributed by atoms with Crippen LogP contribution >= 0.6 is 15.6 Å². The Bertz CT molecular complexity index is 2630. The Morgan fingerprint density at radius 3 is 0.743 bits per heavy atom. The highest BCUT2D eigenvalue weighted by molar-refractivity contribution is 7.47. The fourth-order valence-electron chi connectivity index (χ4n) is 12.2. The van der Waals surface area contributed by atoms with Crippen LogP contribution in [0.5, 0.6) is 0 Å². The van der Waals surface area contributed by atoms with Gasteiger partial charge in [-0.1, -0.05) is 359 Å². The number of esters is 3. The second-order valence-corrected chi connectivity index (χ2v) is 32.9. The van der Waals surface area contributed by atoms with Crippen molar-refractivity contribution in [3.8, 4) is 0 Å². The maximum Gasteiger partial charge on any atom is 0.472 e. The zero-order valence-electron chi connectivity index (χ0n) is 71.5. The zero-order chi connectivity index (χ0) is 82.2. The molecular formula is C95H164O16P2. The molecule has 0 saturated heterocycles. The van der Waals surface area contributed by atoms with Crippen LogP contribution in [0, 0.1) is 0 Å². The first-order valence-corrected chi connectivity index (χ1v) is 48.1. The van der Waals surface area contributed by atoms with Crippen LogP contribution in [0.15, 0.2) is 146 Å². The van der Waals surface area contributed by atoms with Gasteiger partial charge in [-0.2, -0.15) is 0 Å². The lowest BCUT2D eigenvalue weighted by atomic mass is 10.0. The van der Waals surface area contributed by atoms with Gasteiger partial charge in [0, 0.05) is 19.3 Å². The van der Waals surface area contributed by atoms with Crippen molar-refractivity contribution >= 4 is 33.6 Å². The molecule has 0 aromatic rings. The average Bonchev–Trinajstić information content (AvgIpc) is 0.899. The van der Waals surface area contributed by atoms with Gasteiger partial charge in [-0.25, -0.2) is 9.13 Å². The lowest BCUT2D eigenvalue weighted by Gasteiger charge is -2.21. The maximum atomic E-state index is 13.0. The third-order valence-electron chi connectivity index (χ3n) is 19.0. The molecule has 0 amide bonds. The summed E-state index contributed by atoms with van der Waals surface area (Å²) < 4.78 is 61.4. The van der Waals surface area contributed by atoms with E-state index in [-0.39, 0.29) is 19.3 Å². The van der Waals surface area contributed by atoms with Crippen LogP contribution in [-0.2, 0) is 55.8 Å². The number of unbranched alkanes of at least 4 members (excludes halogenated alkanes) is 38. The molecule has 0 fully saturated rings. The van der Waals surface area contributed by atoms with Crippen molar-refractivity contribution < 1.29 is 75.8 Å². The Balaban J connectivity index is 4.47. The van der Waals surface area contributed by atoms with Gasteiger partial charge < -0.3 is 34.2 Å². The fourth-order valence-corrected chi connectivity index (χ4v) is 13.8. The highest BCUT2D eigenvalue weighted by Crippen LogP contribution is 2.45. The molecule has 650 valence electrons. The van der Waals surface area contributed by atoms with Crippen molar-refractivity contribution in [3.63, 3.8) is 0 Å². The van der Waals surface area contributed by atoms with Gasteiger partial charge in [-0.15, -0.1) is 0 Å². The maximum absolute atomic E-state index is 13.0. The number of aliphatic hydroxyl groups is 2. The predicted octanol–water partition coefficient (Wildman–Crippen LogP) is 27.6. The molecule has 113 heavy (non-hydrogen) atoms. The summed E-state index contributed by atoms with van der Waals surface area (Å²) in [6.45, 7) is 2.53. The summed E-state index contributed by atoms with van der Waals surface area (Å²) in [6.07, 6.45) is 109. The van der Waals surface area contributed by atoms with Crippen LogP contribution in [0.1, 0.15) is 380 Å². The Hall–Kier alpha value is -4.57. The number of allylic oxidation sites excluding steroid dienone is 24. The Morgan fingerprint density at radius 1 is 0.257 bits per heavy atom. The van der Waals surface area contributed by atoms with Gasteiger partial charge in [0.1, 0.15) is 25.4 Å². The van der Waals surface area contributed by atoms with E-state index in [2.05, 4.69) is 167 Å². The van der Waals surface area contributed by atoms with E-state index in [1.807, 2.05) is 0 Å². The second kappa shape index (κ2) is 86.8. The van der Waals surface area contributed by atoms with Crippen molar-refractivity contribution in [3.05, 3.63) is 146 Å². The first-order chi connectivity index (χ1) is 55.2. The number of hydrogen-bond donors (Lipinski definition) is 4. The number of phosphoric acid groups is 2. The third kappa shape index (κ3) is 88.1. The summed E-state index contributed by atoms with van der Waals surface area (Å²) in [5.41, 5.74) is 0. The van der Waals surface area contributed by atoms with Crippen molar-refractivity contribution in [2.75, 3.05) is 39.6 Å². The monoisotopic (exact) mass is 1620 g/mol. The summed E-state index contributed by atoms with van der Waals surface area (Å²) in [4.78, 5) is 58.9. The van der Waals surface area contributed by atoms with Crippen molar-refractivity contribution in [1.29, 1.82) is 0 Å². The minimum atomic E-state index is -4.94. The number of phosphoric ester groups is 2. The van der Waals surface area contributed by atoms with E-state index in [4.69, 9.17) is 32.3 Å². The van der Waals surface area contributed by atoms with E-state index < -0.39 is 91.5 Å². The zero-order valence-corrected chi connectivity index (χ0v) is 73.3. The summed E-state index contributed by atoms with van der Waals surface area (Å²) in [5.74, 6) is -1.59. The number of carbonyl (C=O) groups is 3. The van der Waals surface area contributed by atoms with E-state index in [9.17, 15) is 43.5 Å². The fraction of sp³-hybridized carbons (Fsp3) is 0.716. The Labute approximate surface area is 689 Å². The first-order valence-electron chi connectivity index (χ1n) is 45.1. The van der Waals surface area contributed by atoms with Crippen LogP contribution in [0.4, 0.5) is 0 Å². The largest absolute Gasteiger partial charge is 0.472 e. The predicted molar refractivity (Wildman–Crippen MR) is 473 cm³/mol. The molecule has 18 heteroatoms. The molecule has 0 radical (unpaired) electrons. The molecule has 0 aromatic heterocycles. The molecule has 0 aliphatic rings. The molecule has 0 rings (SSSR count). The molecule has 0 heterocycles. The van der Waals surface area contributed by atoms with Gasteiger partial charge in [0.2, 0.25) is 0 Å². The second-order valence-electron chi connectivity index (χ2n) is 30.0. The number of hydrogen-bond acceptors (Lipinski definition) is 14. The molecule has 0 spiro atoms. The summed E-state index contributed by atoms with van der Waals surface area (Å²) in [7, 11) is -9.81. The molecular weight excluding hydrogens is 1460 g/mol. The summed E-state index contributed by atoms with van der Waals surface area (Å²) in [5, 5.41) is 20.7. The van der Waals surface area contributed by atoms with Gasteiger partial charge >= 0.3 is 33.6 Å². The van der Waals surface area contributed by atoms with Crippen LogP contribution < -0.4 is 0 Å². The van der Waals surface area contributed by atoms with E-state index in [1.54, 1.807) is 0 Å². The van der Waals surface area contributed by atoms with Crippen LogP contribution in [-0.4, -0.2) is 95.9 Å². The van der Waals surface area contributed by atoms with Crippen LogP contribution in [0.25, 0.3) is 0 Å². The molecule has 5 unspecified atom stereocenters. The summed E-state index contributed by atoms with van der Waals surface area (Å²) in [6, 6.07) is 0. The molecule has 0 aromatic carbocycles. The summed E-state index contributed by atoms with van der Waals surface area (Å²) >= 11 is 0. The molecule has 16 nitrogen and oxygen atoms in total. The highest BCUT2D eigenvalue weighted by Gasteiger charge is 2.29. The van der Waals surface area contributed by atoms with Gasteiger partial charge in [0.05, 0.1) is 26.4 Å². The normalized spacial score (nSPS) is 14.5. The molecule has 0 bridgehead atoms. The van der Waals surface area contributed by atoms with E-state index in [0.29, 0.717) is 19.3 Å². The Morgan fingerprint density at radius 2 is 0.469 bits per heavy atom. The van der Waals surface area contributed by atoms with E-state index in [1.165, 1.54) is 167 Å². The molecule has 0 aliphatic heterocycles. The molecule has 5 atom stereocenters. The standard InChI is InChI=1S/C95H164O16P2/c1-4-7-10-13-16-19-22-25-28-30-32-34-36-38-40-42-43-44-45-47-49-50-52-54-56-58-61-63-66-69-72-75-78-81-93(98)105-84-90(96)85-107-112(101,102)108-86-91(97)87-109-113(103,104)110-89-92(111-95(100)83-80-77-74-71-68-65-60-27-24-21-18-15-12-9-6-3)88-106-94(99)82-79-76-73-70-67-64-62-59-57-55-53-51-48-46-41-39-37-35-33-31-29-26-23-20-17-14-11-8-5-2/h8,11,16-21,25-29,32-35,38-41,48,51,60,90-92,96-97H,4-7,9-10,12-15,22-24,30-31,36-37,42-47,49-50,52-59,61-89H2,1-3H3,(H,101,102)(H,103,104)/b11-8-,19-16-,20-17-,21-18-,28-25-,29-26-,34-32-,35-33-,40-38-,41-39-,51-48-,60-27-. The lowest BCUT2D eigenvalue weighted by Crippen LogP contribution is -2.30. The molecule has 0 aliphatic carbocycles. The number of ether oxygens (including phenoxy) is 3.